The molecule has 1 saturated heterocycles. The largest absolute Gasteiger partial charge is 0.301 e. The summed E-state index contributed by atoms with van der Waals surface area (Å²) in [7, 11) is 2.03. The van der Waals surface area contributed by atoms with Crippen LogP contribution in [0.1, 0.15) is 23.9 Å². The first-order valence-electron chi connectivity index (χ1n) is 6.64. The maximum atomic E-state index is 12.0. The Morgan fingerprint density at radius 3 is 2.95 bits per heavy atom. The molecule has 1 aromatic rings. The predicted octanol–water partition coefficient (Wildman–Crippen LogP) is 2.39. The Morgan fingerprint density at radius 1 is 1.58 bits per heavy atom. The highest BCUT2D eigenvalue weighted by Crippen LogP contribution is 2.23. The molecule has 6 heteroatoms. The smallest absolute Gasteiger partial charge is 0.240 e. The fourth-order valence-electron chi connectivity index (χ4n) is 2.19. The van der Waals surface area contributed by atoms with Gasteiger partial charge in [0, 0.05) is 16.7 Å². The van der Waals surface area contributed by atoms with Gasteiger partial charge >= 0.3 is 0 Å². The molecule has 1 aliphatic rings. The number of rotatable bonds is 5. The molecule has 106 valence electrons. The second-order valence-electron chi connectivity index (χ2n) is 4.86. The van der Waals surface area contributed by atoms with Crippen molar-refractivity contribution in [2.45, 2.75) is 32.7 Å². The number of nitrogens with zero attached hydrogens (tertiary/aromatic N) is 2. The number of thiazole rings is 1. The molecule has 19 heavy (non-hydrogen) atoms. The summed E-state index contributed by atoms with van der Waals surface area (Å²) in [5, 5.41) is 3.64. The van der Waals surface area contributed by atoms with E-state index < -0.39 is 0 Å². The van der Waals surface area contributed by atoms with Crippen molar-refractivity contribution in [1.82, 2.24) is 9.88 Å². The Bertz CT molecular complexity index is 441. The number of aryl methyl sites for hydroxylation is 2. The third kappa shape index (κ3) is 3.94. The average Bonchev–Trinajstić information content (AvgIpc) is 2.98. The van der Waals surface area contributed by atoms with Gasteiger partial charge in [0.05, 0.1) is 12.2 Å². The lowest BCUT2D eigenvalue weighted by Crippen LogP contribution is -2.37. The summed E-state index contributed by atoms with van der Waals surface area (Å²) in [4.78, 5) is 19.8. The second kappa shape index (κ2) is 6.72. The summed E-state index contributed by atoms with van der Waals surface area (Å²) in [6, 6.07) is 0.542. The van der Waals surface area contributed by atoms with Gasteiger partial charge in [0.25, 0.3) is 0 Å². The minimum atomic E-state index is 0.0378. The molecular weight excluding hydrogens is 278 g/mol. The molecule has 1 fully saturated rings. The molecule has 1 amide bonds. The zero-order valence-electron chi connectivity index (χ0n) is 11.7. The van der Waals surface area contributed by atoms with Gasteiger partial charge in [0.2, 0.25) is 5.91 Å². The van der Waals surface area contributed by atoms with Crippen LogP contribution < -0.4 is 5.32 Å². The van der Waals surface area contributed by atoms with Gasteiger partial charge in [0.1, 0.15) is 0 Å². The number of carbonyl (C=O) groups excluding carboxylic acids is 1. The van der Waals surface area contributed by atoms with Gasteiger partial charge in [-0.15, -0.1) is 11.3 Å². The first-order valence-corrected chi connectivity index (χ1v) is 8.61. The van der Waals surface area contributed by atoms with Gasteiger partial charge in [-0.1, -0.05) is 6.92 Å². The summed E-state index contributed by atoms with van der Waals surface area (Å²) in [6.45, 7) is 4.58. The lowest BCUT2D eigenvalue weighted by Gasteiger charge is -2.22. The number of thioether (sulfide) groups is 1. The quantitative estimate of drug-likeness (QED) is 0.907. The Labute approximate surface area is 123 Å². The molecule has 0 bridgehead atoms. The molecule has 0 saturated carbocycles. The van der Waals surface area contributed by atoms with E-state index in [4.69, 9.17) is 0 Å². The zero-order valence-corrected chi connectivity index (χ0v) is 13.4. The van der Waals surface area contributed by atoms with E-state index in [0.29, 0.717) is 12.6 Å². The number of aromatic nitrogens is 1. The Morgan fingerprint density at radius 2 is 2.37 bits per heavy atom. The van der Waals surface area contributed by atoms with E-state index in [2.05, 4.69) is 22.1 Å². The van der Waals surface area contributed by atoms with E-state index in [-0.39, 0.29) is 5.91 Å². The van der Waals surface area contributed by atoms with Crippen LogP contribution in [-0.2, 0) is 11.2 Å². The number of amides is 1. The van der Waals surface area contributed by atoms with E-state index in [1.54, 1.807) is 11.3 Å². The molecular formula is C13H21N3OS2. The van der Waals surface area contributed by atoms with Crippen molar-refractivity contribution in [3.63, 3.8) is 0 Å². The molecule has 4 nitrogen and oxygen atoms in total. The first kappa shape index (κ1) is 14.8. The van der Waals surface area contributed by atoms with Crippen LogP contribution in [0, 0.1) is 6.92 Å². The first-order chi connectivity index (χ1) is 9.10. The minimum Gasteiger partial charge on any atom is -0.301 e. The maximum absolute atomic E-state index is 12.0. The summed E-state index contributed by atoms with van der Waals surface area (Å²) < 4.78 is 0. The highest BCUT2D eigenvalue weighted by molar-refractivity contribution is 7.99. The summed E-state index contributed by atoms with van der Waals surface area (Å²) >= 11 is 3.53. The number of nitrogens with one attached hydrogen (secondary N) is 1. The molecule has 1 N–H and O–H groups in total. The van der Waals surface area contributed by atoms with Crippen LogP contribution in [-0.4, -0.2) is 46.9 Å². The third-order valence-corrected chi connectivity index (χ3v) is 5.47. The SMILES string of the molecule is CCc1nc(NC(=O)CN(C)C2CCSC2)sc1C. The molecule has 1 aromatic heterocycles. The van der Waals surface area contributed by atoms with Crippen LogP contribution in [0.25, 0.3) is 0 Å². The normalized spacial score (nSPS) is 19.1. The van der Waals surface area contributed by atoms with E-state index in [0.717, 1.165) is 23.0 Å². The number of hydrogen-bond acceptors (Lipinski definition) is 5. The van der Waals surface area contributed by atoms with Crippen LogP contribution >= 0.6 is 23.1 Å². The Kier molecular flexibility index (Phi) is 5.24. The molecule has 0 radical (unpaired) electrons. The van der Waals surface area contributed by atoms with Crippen molar-refractivity contribution in [3.8, 4) is 0 Å². The molecule has 1 atom stereocenters. The standard InChI is InChI=1S/C13H21N3OS2/c1-4-11-9(2)19-13(14-11)15-12(17)7-16(3)10-5-6-18-8-10/h10H,4-8H2,1-3H3,(H,14,15,17). The van der Waals surface area contributed by atoms with Crippen LogP contribution in [0.2, 0.25) is 0 Å². The zero-order chi connectivity index (χ0) is 13.8. The summed E-state index contributed by atoms with van der Waals surface area (Å²) in [5.74, 6) is 2.39. The van der Waals surface area contributed by atoms with Crippen molar-refractivity contribution in [3.05, 3.63) is 10.6 Å². The van der Waals surface area contributed by atoms with Crippen LogP contribution in [0.5, 0.6) is 0 Å². The number of carbonyl (C=O) groups is 1. The number of anilines is 1. The fourth-order valence-corrected chi connectivity index (χ4v) is 4.41. The molecule has 2 heterocycles. The maximum Gasteiger partial charge on any atom is 0.240 e. The van der Waals surface area contributed by atoms with E-state index >= 15 is 0 Å². The van der Waals surface area contributed by atoms with Gasteiger partial charge in [-0.3, -0.25) is 9.69 Å². The van der Waals surface area contributed by atoms with E-state index in [1.807, 2.05) is 25.7 Å². The number of likely N-dealkylation sites (N-methyl/N-ethyl adjacent to an activating group) is 1. The fraction of sp³-hybridized carbons (Fsp3) is 0.692. The Hall–Kier alpha value is -0.590. The second-order valence-corrected chi connectivity index (χ2v) is 7.21. The predicted molar refractivity (Wildman–Crippen MR) is 83.2 cm³/mol. The molecule has 2 rings (SSSR count). The van der Waals surface area contributed by atoms with Gasteiger partial charge in [-0.25, -0.2) is 4.98 Å². The molecule has 0 spiro atoms. The molecule has 0 aliphatic carbocycles. The average molecular weight is 299 g/mol. The molecule has 0 aromatic carbocycles. The van der Waals surface area contributed by atoms with Crippen molar-refractivity contribution < 1.29 is 4.79 Å². The van der Waals surface area contributed by atoms with Gasteiger partial charge < -0.3 is 5.32 Å². The van der Waals surface area contributed by atoms with Crippen molar-refractivity contribution in [2.75, 3.05) is 30.4 Å². The molecule has 1 aliphatic heterocycles. The third-order valence-electron chi connectivity index (χ3n) is 3.40. The van der Waals surface area contributed by atoms with E-state index in [9.17, 15) is 4.79 Å². The monoisotopic (exact) mass is 299 g/mol. The van der Waals surface area contributed by atoms with E-state index in [1.165, 1.54) is 17.1 Å². The van der Waals surface area contributed by atoms with Crippen molar-refractivity contribution in [2.24, 2.45) is 0 Å². The topological polar surface area (TPSA) is 45.2 Å². The lowest BCUT2D eigenvalue weighted by molar-refractivity contribution is -0.117. The summed E-state index contributed by atoms with van der Waals surface area (Å²) in [5.41, 5.74) is 1.08. The summed E-state index contributed by atoms with van der Waals surface area (Å²) in [6.07, 6.45) is 2.10. The van der Waals surface area contributed by atoms with Gasteiger partial charge in [-0.05, 0) is 32.6 Å². The van der Waals surface area contributed by atoms with Crippen molar-refractivity contribution >= 4 is 34.1 Å². The van der Waals surface area contributed by atoms with Gasteiger partial charge in [-0.2, -0.15) is 11.8 Å². The minimum absolute atomic E-state index is 0.0378. The Balaban J connectivity index is 1.86. The molecule has 1 unspecified atom stereocenters. The highest BCUT2D eigenvalue weighted by atomic mass is 32.2. The number of hydrogen-bond donors (Lipinski definition) is 1. The van der Waals surface area contributed by atoms with Crippen molar-refractivity contribution in [1.29, 1.82) is 0 Å². The van der Waals surface area contributed by atoms with Crippen LogP contribution in [0.3, 0.4) is 0 Å². The van der Waals surface area contributed by atoms with Crippen LogP contribution in [0.15, 0.2) is 0 Å². The lowest BCUT2D eigenvalue weighted by atomic mass is 10.2. The van der Waals surface area contributed by atoms with Crippen LogP contribution in [0.4, 0.5) is 5.13 Å². The van der Waals surface area contributed by atoms with Gasteiger partial charge in [0.15, 0.2) is 5.13 Å². The highest BCUT2D eigenvalue weighted by Gasteiger charge is 2.22.